The Morgan fingerprint density at radius 3 is 2.74 bits per heavy atom. The molecule has 1 saturated heterocycles. The second kappa shape index (κ2) is 13.4. The van der Waals surface area contributed by atoms with Crippen LogP contribution in [0.5, 0.6) is 0 Å². The fourth-order valence-electron chi connectivity index (χ4n) is 4.98. The van der Waals surface area contributed by atoms with Gasteiger partial charge < -0.3 is 14.9 Å². The highest BCUT2D eigenvalue weighted by Gasteiger charge is 2.27. The number of β-amino-alcohol motifs (C(OH)–C–C–N with tert-alkyl or cyclic N) is 1. The van der Waals surface area contributed by atoms with Crippen LogP contribution >= 0.6 is 11.6 Å². The van der Waals surface area contributed by atoms with Gasteiger partial charge in [-0.2, -0.15) is 0 Å². The average molecular weight is 506 g/mol. The molecule has 0 amide bonds. The molecule has 0 radical (unpaired) electrons. The average Bonchev–Trinajstić information content (AvgIpc) is 3.26. The van der Waals surface area contributed by atoms with Crippen molar-refractivity contribution in [3.05, 3.63) is 69.5 Å². The molecule has 3 rings (SSSR count). The summed E-state index contributed by atoms with van der Waals surface area (Å²) in [6, 6.07) is 11.0. The van der Waals surface area contributed by atoms with Crippen LogP contribution in [-0.2, 0) is 28.8 Å². The van der Waals surface area contributed by atoms with Crippen molar-refractivity contribution >= 4 is 17.6 Å². The third kappa shape index (κ3) is 8.01. The molecule has 0 aliphatic carbocycles. The van der Waals surface area contributed by atoms with Crippen molar-refractivity contribution in [1.82, 2.24) is 4.90 Å². The summed E-state index contributed by atoms with van der Waals surface area (Å²) in [7, 11) is 0. The van der Waals surface area contributed by atoms with Crippen LogP contribution in [0.3, 0.4) is 0 Å². The number of aliphatic carboxylic acids is 1. The molecular weight excluding hydrogens is 469 g/mol. The number of hydrogen-bond donors (Lipinski definition) is 2. The zero-order valence-electron chi connectivity index (χ0n) is 20.7. The van der Waals surface area contributed by atoms with Crippen LogP contribution in [0.15, 0.2) is 36.4 Å². The molecular formula is C28H37ClFNO4. The quantitative estimate of drug-likeness (QED) is 0.371. The number of benzene rings is 2. The van der Waals surface area contributed by atoms with Gasteiger partial charge in [0.25, 0.3) is 0 Å². The molecule has 192 valence electrons. The van der Waals surface area contributed by atoms with Crippen molar-refractivity contribution in [2.75, 3.05) is 19.7 Å². The number of aliphatic hydroxyl groups is 1. The van der Waals surface area contributed by atoms with Gasteiger partial charge in [0.2, 0.25) is 0 Å². The number of likely N-dealkylation sites (tertiary alicyclic amines) is 1. The molecule has 35 heavy (non-hydrogen) atoms. The number of aliphatic hydroxyl groups excluding tert-OH is 1. The Balaban J connectivity index is 1.58. The highest BCUT2D eigenvalue weighted by atomic mass is 35.5. The van der Waals surface area contributed by atoms with E-state index in [2.05, 4.69) is 24.0 Å². The maximum absolute atomic E-state index is 14.0. The normalized spacial score (nSPS) is 18.0. The number of rotatable bonds is 13. The number of halogens is 2. The Morgan fingerprint density at radius 1 is 1.23 bits per heavy atom. The standard InChI is InChI=1S/C28H37ClFNO4/c1-3-20-14-19(7-11-26(20)29)15-23-6-5-13-31(23)17-24(32)18-35-27(4-2)25-16-22(30)10-8-21(25)9-12-28(33)34/h7-8,10-11,14,16,23-24,27,32H,3-6,9,12-13,15,17-18H2,1-2H3,(H,33,34)/t23-,24+,27+/m0/s1. The van der Waals surface area contributed by atoms with E-state index >= 15 is 0 Å². The molecule has 1 fully saturated rings. The molecule has 1 aliphatic heterocycles. The lowest BCUT2D eigenvalue weighted by molar-refractivity contribution is -0.136. The molecule has 0 aromatic heterocycles. The van der Waals surface area contributed by atoms with Crippen LogP contribution in [-0.4, -0.2) is 52.9 Å². The molecule has 5 nitrogen and oxygen atoms in total. The fraction of sp³-hybridized carbons (Fsp3) is 0.536. The fourth-order valence-corrected chi connectivity index (χ4v) is 5.23. The van der Waals surface area contributed by atoms with Crippen molar-refractivity contribution < 1.29 is 24.1 Å². The Kier molecular flexibility index (Phi) is 10.5. The van der Waals surface area contributed by atoms with Gasteiger partial charge in [-0.1, -0.05) is 43.6 Å². The number of carbonyl (C=O) groups is 1. The largest absolute Gasteiger partial charge is 0.481 e. The van der Waals surface area contributed by atoms with Gasteiger partial charge in [0, 0.05) is 24.0 Å². The van der Waals surface area contributed by atoms with Crippen molar-refractivity contribution in [3.8, 4) is 0 Å². The molecule has 1 aliphatic rings. The lowest BCUT2D eigenvalue weighted by Gasteiger charge is -2.28. The number of aryl methyl sites for hydroxylation is 2. The number of nitrogens with zero attached hydrogens (tertiary/aromatic N) is 1. The third-order valence-corrected chi connectivity index (χ3v) is 7.20. The van der Waals surface area contributed by atoms with E-state index in [1.807, 2.05) is 13.0 Å². The minimum atomic E-state index is -0.894. The minimum Gasteiger partial charge on any atom is -0.481 e. The third-order valence-electron chi connectivity index (χ3n) is 6.83. The molecule has 3 atom stereocenters. The van der Waals surface area contributed by atoms with E-state index in [1.54, 1.807) is 6.07 Å². The molecule has 2 N–H and O–H groups in total. The number of carboxylic acids is 1. The summed E-state index contributed by atoms with van der Waals surface area (Å²) in [5.41, 5.74) is 3.85. The van der Waals surface area contributed by atoms with Gasteiger partial charge in [-0.3, -0.25) is 9.69 Å². The molecule has 2 aromatic carbocycles. The predicted molar refractivity (Wildman–Crippen MR) is 136 cm³/mol. The summed E-state index contributed by atoms with van der Waals surface area (Å²) >= 11 is 6.27. The Morgan fingerprint density at radius 2 is 2.03 bits per heavy atom. The molecule has 0 bridgehead atoms. The lowest BCUT2D eigenvalue weighted by atomic mass is 9.97. The summed E-state index contributed by atoms with van der Waals surface area (Å²) in [5.74, 6) is -1.27. The lowest BCUT2D eigenvalue weighted by Crippen LogP contribution is -2.39. The first-order valence-electron chi connectivity index (χ1n) is 12.6. The first-order chi connectivity index (χ1) is 16.8. The summed E-state index contributed by atoms with van der Waals surface area (Å²) in [5, 5.41) is 20.6. The van der Waals surface area contributed by atoms with Crippen molar-refractivity contribution in [2.24, 2.45) is 0 Å². The number of ether oxygens (including phenoxy) is 1. The summed E-state index contributed by atoms with van der Waals surface area (Å²) in [6.45, 7) is 5.64. The zero-order chi connectivity index (χ0) is 25.4. The smallest absolute Gasteiger partial charge is 0.303 e. The first-order valence-corrected chi connectivity index (χ1v) is 13.0. The van der Waals surface area contributed by atoms with Crippen molar-refractivity contribution in [2.45, 2.75) is 77.0 Å². The van der Waals surface area contributed by atoms with Crippen molar-refractivity contribution in [3.63, 3.8) is 0 Å². The monoisotopic (exact) mass is 505 g/mol. The summed E-state index contributed by atoms with van der Waals surface area (Å²) in [4.78, 5) is 13.3. The Bertz CT molecular complexity index is 985. The Hall–Kier alpha value is -1.99. The van der Waals surface area contributed by atoms with E-state index in [1.165, 1.54) is 17.7 Å². The van der Waals surface area contributed by atoms with E-state index in [-0.39, 0.29) is 18.8 Å². The minimum absolute atomic E-state index is 0.0264. The maximum Gasteiger partial charge on any atom is 0.303 e. The van der Waals surface area contributed by atoms with Crippen LogP contribution in [0.4, 0.5) is 4.39 Å². The number of hydrogen-bond acceptors (Lipinski definition) is 4. The van der Waals surface area contributed by atoms with Gasteiger partial charge in [-0.05, 0) is 85.5 Å². The van der Waals surface area contributed by atoms with Gasteiger partial charge in [-0.25, -0.2) is 4.39 Å². The molecule has 0 saturated carbocycles. The van der Waals surface area contributed by atoms with Crippen molar-refractivity contribution in [1.29, 1.82) is 0 Å². The van der Waals surface area contributed by atoms with Gasteiger partial charge >= 0.3 is 5.97 Å². The van der Waals surface area contributed by atoms with E-state index in [9.17, 15) is 14.3 Å². The van der Waals surface area contributed by atoms with Crippen LogP contribution in [0.1, 0.15) is 67.9 Å². The molecule has 7 heteroatoms. The summed E-state index contributed by atoms with van der Waals surface area (Å²) < 4.78 is 20.0. The topological polar surface area (TPSA) is 70.0 Å². The summed E-state index contributed by atoms with van der Waals surface area (Å²) in [6.07, 6.45) is 3.82. The van der Waals surface area contributed by atoms with Crippen LogP contribution in [0, 0.1) is 5.82 Å². The molecule has 1 heterocycles. The van der Waals surface area contributed by atoms with Gasteiger partial charge in [0.15, 0.2) is 0 Å². The SMILES string of the molecule is CCc1cc(C[C@@H]2CCCN2C[C@@H](O)CO[C@H](CC)c2cc(F)ccc2CCC(=O)O)ccc1Cl. The second-order valence-electron chi connectivity index (χ2n) is 9.40. The predicted octanol–water partition coefficient (Wildman–Crippen LogP) is 5.59. The van der Waals surface area contributed by atoms with E-state index in [0.29, 0.717) is 31.0 Å². The van der Waals surface area contributed by atoms with Gasteiger partial charge in [0.05, 0.1) is 18.8 Å². The highest BCUT2D eigenvalue weighted by Crippen LogP contribution is 2.28. The maximum atomic E-state index is 14.0. The van der Waals surface area contributed by atoms with Crippen LogP contribution < -0.4 is 0 Å². The first kappa shape index (κ1) is 27.6. The van der Waals surface area contributed by atoms with E-state index < -0.39 is 18.2 Å². The molecule has 0 unspecified atom stereocenters. The highest BCUT2D eigenvalue weighted by molar-refractivity contribution is 6.31. The van der Waals surface area contributed by atoms with E-state index in [0.717, 1.165) is 48.4 Å². The van der Waals surface area contributed by atoms with Gasteiger partial charge in [0.1, 0.15) is 5.82 Å². The van der Waals surface area contributed by atoms with E-state index in [4.69, 9.17) is 21.4 Å². The van der Waals surface area contributed by atoms with Gasteiger partial charge in [-0.15, -0.1) is 0 Å². The molecule has 0 spiro atoms. The number of carboxylic acid groups (broad SMARTS) is 1. The van der Waals surface area contributed by atoms with Crippen LogP contribution in [0.25, 0.3) is 0 Å². The molecule has 2 aromatic rings. The Labute approximate surface area is 212 Å². The van der Waals surface area contributed by atoms with Crippen LogP contribution in [0.2, 0.25) is 5.02 Å². The second-order valence-corrected chi connectivity index (χ2v) is 9.80. The zero-order valence-corrected chi connectivity index (χ0v) is 21.4.